The lowest BCUT2D eigenvalue weighted by Gasteiger charge is -2.07. The molecular weight excluding hydrogens is 234 g/mol. The largest absolute Gasteiger partial charge is 0.478 e. The smallest absolute Gasteiger partial charge is 0.336 e. The van der Waals surface area contributed by atoms with Crippen LogP contribution in [0.1, 0.15) is 28.8 Å². The van der Waals surface area contributed by atoms with Gasteiger partial charge in [-0.05, 0) is 43.0 Å². The first-order valence-corrected chi connectivity index (χ1v) is 7.16. The average Bonchev–Trinajstić information content (AvgIpc) is 2.34. The van der Waals surface area contributed by atoms with E-state index in [2.05, 4.69) is 11.6 Å². The molecule has 0 aliphatic carbocycles. The Morgan fingerprint density at radius 3 is 2.82 bits per heavy atom. The van der Waals surface area contributed by atoms with E-state index in [9.17, 15) is 4.79 Å². The lowest BCUT2D eigenvalue weighted by Crippen LogP contribution is -2.17. The fourth-order valence-corrected chi connectivity index (χ4v) is 2.10. The van der Waals surface area contributed by atoms with Crippen LogP contribution in [-0.4, -0.2) is 29.6 Å². The summed E-state index contributed by atoms with van der Waals surface area (Å²) in [6.45, 7) is 1.57. The van der Waals surface area contributed by atoms with Crippen LogP contribution in [0.15, 0.2) is 24.3 Å². The van der Waals surface area contributed by atoms with Crippen LogP contribution >= 0.6 is 11.8 Å². The van der Waals surface area contributed by atoms with Gasteiger partial charge in [0.25, 0.3) is 0 Å². The molecular formula is C13H19NO2S. The predicted molar refractivity (Wildman–Crippen MR) is 72.7 cm³/mol. The highest BCUT2D eigenvalue weighted by Crippen LogP contribution is 2.08. The highest BCUT2D eigenvalue weighted by molar-refractivity contribution is 7.98. The first kappa shape index (κ1) is 14.1. The molecule has 0 atom stereocenters. The van der Waals surface area contributed by atoms with Crippen LogP contribution in [0, 0.1) is 0 Å². The van der Waals surface area contributed by atoms with Crippen molar-refractivity contribution in [3.63, 3.8) is 0 Å². The third-order valence-electron chi connectivity index (χ3n) is 2.52. The summed E-state index contributed by atoms with van der Waals surface area (Å²) in [5.74, 6) is 0.331. The third-order valence-corrected chi connectivity index (χ3v) is 3.21. The van der Waals surface area contributed by atoms with Crippen molar-refractivity contribution in [3.05, 3.63) is 35.4 Å². The lowest BCUT2D eigenvalue weighted by atomic mass is 10.1. The van der Waals surface area contributed by atoms with Gasteiger partial charge in [-0.25, -0.2) is 4.79 Å². The Labute approximate surface area is 107 Å². The molecule has 0 radical (unpaired) electrons. The minimum atomic E-state index is -0.857. The van der Waals surface area contributed by atoms with E-state index in [1.165, 1.54) is 12.2 Å². The van der Waals surface area contributed by atoms with Crippen molar-refractivity contribution in [1.82, 2.24) is 5.32 Å². The van der Waals surface area contributed by atoms with Crippen LogP contribution < -0.4 is 5.32 Å². The van der Waals surface area contributed by atoms with E-state index < -0.39 is 5.97 Å². The fraction of sp³-hybridized carbons (Fsp3) is 0.462. The van der Waals surface area contributed by atoms with Crippen LogP contribution in [0.25, 0.3) is 0 Å². The van der Waals surface area contributed by atoms with Crippen molar-refractivity contribution in [2.24, 2.45) is 0 Å². The summed E-state index contributed by atoms with van der Waals surface area (Å²) in [7, 11) is 0. The molecule has 0 amide bonds. The summed E-state index contributed by atoms with van der Waals surface area (Å²) in [6, 6.07) is 7.13. The molecule has 0 saturated carbocycles. The number of carboxylic acid groups (broad SMARTS) is 1. The van der Waals surface area contributed by atoms with Crippen molar-refractivity contribution >= 4 is 17.7 Å². The molecule has 4 heteroatoms. The van der Waals surface area contributed by atoms with E-state index in [1.54, 1.807) is 12.1 Å². The number of nitrogens with one attached hydrogen (secondary N) is 1. The zero-order valence-electron chi connectivity index (χ0n) is 10.1. The number of hydrogen-bond donors (Lipinski definition) is 2. The van der Waals surface area contributed by atoms with Gasteiger partial charge in [0.2, 0.25) is 0 Å². The van der Waals surface area contributed by atoms with Crippen molar-refractivity contribution in [1.29, 1.82) is 0 Å². The van der Waals surface area contributed by atoms with E-state index in [0.29, 0.717) is 12.1 Å². The normalized spacial score (nSPS) is 10.4. The molecule has 1 aromatic carbocycles. The van der Waals surface area contributed by atoms with Crippen LogP contribution in [0.3, 0.4) is 0 Å². The first-order chi connectivity index (χ1) is 8.25. The molecule has 0 saturated heterocycles. The van der Waals surface area contributed by atoms with Gasteiger partial charge in [-0.15, -0.1) is 0 Å². The van der Waals surface area contributed by atoms with Gasteiger partial charge in [0.1, 0.15) is 0 Å². The first-order valence-electron chi connectivity index (χ1n) is 5.76. The number of rotatable bonds is 8. The molecule has 0 aliphatic rings. The number of thioether (sulfide) groups is 1. The topological polar surface area (TPSA) is 49.3 Å². The van der Waals surface area contributed by atoms with Crippen molar-refractivity contribution < 1.29 is 9.90 Å². The van der Waals surface area contributed by atoms with Gasteiger partial charge in [-0.2, -0.15) is 11.8 Å². The molecule has 3 nitrogen and oxygen atoms in total. The second-order valence-corrected chi connectivity index (χ2v) is 4.82. The second kappa shape index (κ2) is 8.14. The summed E-state index contributed by atoms with van der Waals surface area (Å²) in [5, 5.41) is 12.3. The van der Waals surface area contributed by atoms with Crippen LogP contribution in [-0.2, 0) is 6.54 Å². The zero-order chi connectivity index (χ0) is 12.5. The van der Waals surface area contributed by atoms with Gasteiger partial charge in [0, 0.05) is 6.54 Å². The van der Waals surface area contributed by atoms with Crippen molar-refractivity contribution in [2.75, 3.05) is 18.6 Å². The number of carboxylic acids is 1. The predicted octanol–water partition coefficient (Wildman–Crippen LogP) is 2.62. The Kier molecular flexibility index (Phi) is 6.74. The summed E-state index contributed by atoms with van der Waals surface area (Å²) in [6.07, 6.45) is 4.45. The van der Waals surface area contributed by atoms with Crippen LogP contribution in [0.2, 0.25) is 0 Å². The minimum Gasteiger partial charge on any atom is -0.478 e. The molecule has 0 heterocycles. The maximum Gasteiger partial charge on any atom is 0.336 e. The third kappa shape index (κ3) is 5.24. The van der Waals surface area contributed by atoms with Crippen molar-refractivity contribution in [2.45, 2.75) is 19.4 Å². The molecule has 17 heavy (non-hydrogen) atoms. The molecule has 0 bridgehead atoms. The average molecular weight is 253 g/mol. The summed E-state index contributed by atoms with van der Waals surface area (Å²) in [5.41, 5.74) is 1.24. The standard InChI is InChI=1S/C13H19NO2S/c1-17-9-5-4-8-14-10-11-6-2-3-7-12(11)13(15)16/h2-3,6-7,14H,4-5,8-10H2,1H3,(H,15,16). The molecule has 1 aromatic rings. The Morgan fingerprint density at radius 1 is 1.35 bits per heavy atom. The Morgan fingerprint density at radius 2 is 2.12 bits per heavy atom. The van der Waals surface area contributed by atoms with E-state index in [4.69, 9.17) is 5.11 Å². The summed E-state index contributed by atoms with van der Waals surface area (Å²) < 4.78 is 0. The molecule has 2 N–H and O–H groups in total. The van der Waals surface area contributed by atoms with Gasteiger partial charge in [0.15, 0.2) is 0 Å². The maximum absolute atomic E-state index is 11.0. The van der Waals surface area contributed by atoms with Gasteiger partial charge < -0.3 is 10.4 Å². The quantitative estimate of drug-likeness (QED) is 0.699. The molecule has 0 unspecified atom stereocenters. The second-order valence-electron chi connectivity index (χ2n) is 3.84. The molecule has 0 aromatic heterocycles. The molecule has 0 fully saturated rings. The van der Waals surface area contributed by atoms with Crippen LogP contribution in [0.5, 0.6) is 0 Å². The van der Waals surface area contributed by atoms with E-state index in [-0.39, 0.29) is 0 Å². The highest BCUT2D eigenvalue weighted by atomic mass is 32.2. The molecule has 1 rings (SSSR count). The number of carbonyl (C=O) groups is 1. The van der Waals surface area contributed by atoms with Gasteiger partial charge in [-0.1, -0.05) is 18.2 Å². The maximum atomic E-state index is 11.0. The number of unbranched alkanes of at least 4 members (excludes halogenated alkanes) is 1. The Hall–Kier alpha value is -1.00. The zero-order valence-corrected chi connectivity index (χ0v) is 10.9. The number of benzene rings is 1. The SMILES string of the molecule is CSCCCCNCc1ccccc1C(=O)O. The fourth-order valence-electron chi connectivity index (χ4n) is 1.60. The lowest BCUT2D eigenvalue weighted by molar-refractivity contribution is 0.0695. The van der Waals surface area contributed by atoms with Gasteiger partial charge in [-0.3, -0.25) is 0 Å². The molecule has 0 spiro atoms. The summed E-state index contributed by atoms with van der Waals surface area (Å²) in [4.78, 5) is 11.0. The monoisotopic (exact) mass is 253 g/mol. The number of aromatic carboxylic acids is 1. The molecule has 0 aliphatic heterocycles. The highest BCUT2D eigenvalue weighted by Gasteiger charge is 2.07. The van der Waals surface area contributed by atoms with Gasteiger partial charge in [0.05, 0.1) is 5.56 Å². The van der Waals surface area contributed by atoms with Gasteiger partial charge >= 0.3 is 5.97 Å². The van der Waals surface area contributed by atoms with E-state index in [0.717, 1.165) is 18.5 Å². The van der Waals surface area contributed by atoms with Crippen LogP contribution in [0.4, 0.5) is 0 Å². The van der Waals surface area contributed by atoms with E-state index in [1.807, 2.05) is 23.9 Å². The number of hydrogen-bond acceptors (Lipinski definition) is 3. The molecule has 94 valence electrons. The Bertz CT molecular complexity index is 355. The minimum absolute atomic E-state index is 0.393. The Balaban J connectivity index is 2.34. The summed E-state index contributed by atoms with van der Waals surface area (Å²) >= 11 is 1.86. The van der Waals surface area contributed by atoms with E-state index >= 15 is 0 Å². The van der Waals surface area contributed by atoms with Crippen molar-refractivity contribution in [3.8, 4) is 0 Å².